The van der Waals surface area contributed by atoms with Crippen LogP contribution in [0.2, 0.25) is 5.02 Å². The smallest absolute Gasteiger partial charge is 0.175 e. The molecule has 21 heavy (non-hydrogen) atoms. The van der Waals surface area contributed by atoms with E-state index in [1.54, 1.807) is 18.2 Å². The predicted octanol–water partition coefficient (Wildman–Crippen LogP) is 1.17. The van der Waals surface area contributed by atoms with E-state index in [-0.39, 0.29) is 0 Å². The van der Waals surface area contributed by atoms with Crippen LogP contribution in [0.3, 0.4) is 0 Å². The fraction of sp³-hybridized carbons (Fsp3) is 0.571. The number of benzene rings is 1. The molecule has 0 saturated carbocycles. The second-order valence-electron chi connectivity index (χ2n) is 5.12. The van der Waals surface area contributed by atoms with Gasteiger partial charge < -0.3 is 10.1 Å². The van der Waals surface area contributed by atoms with Crippen molar-refractivity contribution in [3.05, 3.63) is 28.8 Å². The van der Waals surface area contributed by atoms with E-state index in [2.05, 4.69) is 10.2 Å². The molecule has 0 unspecified atom stereocenters. The van der Waals surface area contributed by atoms with Crippen LogP contribution >= 0.6 is 11.6 Å². The van der Waals surface area contributed by atoms with Crippen LogP contribution in [0.1, 0.15) is 5.56 Å². The van der Waals surface area contributed by atoms with E-state index in [0.717, 1.165) is 39.4 Å². The first-order valence-electron chi connectivity index (χ1n) is 6.97. The third kappa shape index (κ3) is 4.93. The van der Waals surface area contributed by atoms with Gasteiger partial charge in [-0.05, 0) is 12.1 Å². The number of sulfone groups is 1. The van der Waals surface area contributed by atoms with E-state index < -0.39 is 9.84 Å². The monoisotopic (exact) mass is 332 g/mol. The summed E-state index contributed by atoms with van der Waals surface area (Å²) in [6.45, 7) is 5.61. The first kappa shape index (κ1) is 16.7. The standard InChI is InChI=1S/C14H21ClN2O3S/c1-21(18,19)14-4-2-3-13(15)12(14)11-16-5-6-17-7-9-20-10-8-17/h2-4,16H,5-11H2,1H3. The van der Waals surface area contributed by atoms with Gasteiger partial charge in [-0.3, -0.25) is 4.90 Å². The Morgan fingerprint density at radius 1 is 1.33 bits per heavy atom. The molecule has 1 aromatic carbocycles. The predicted molar refractivity (Wildman–Crippen MR) is 83.5 cm³/mol. The Bertz CT molecular complexity index is 572. The summed E-state index contributed by atoms with van der Waals surface area (Å²) in [7, 11) is -3.26. The molecule has 5 nitrogen and oxygen atoms in total. The molecule has 1 fully saturated rings. The average molecular weight is 333 g/mol. The molecular formula is C14H21ClN2O3S. The normalized spacial score (nSPS) is 17.0. The second-order valence-corrected chi connectivity index (χ2v) is 7.51. The third-order valence-electron chi connectivity index (χ3n) is 3.49. The Labute approximate surface area is 131 Å². The minimum Gasteiger partial charge on any atom is -0.379 e. The molecule has 1 N–H and O–H groups in total. The molecule has 2 rings (SSSR count). The molecule has 0 radical (unpaired) electrons. The van der Waals surface area contributed by atoms with Gasteiger partial charge in [-0.25, -0.2) is 8.42 Å². The highest BCUT2D eigenvalue weighted by Crippen LogP contribution is 2.23. The Morgan fingerprint density at radius 2 is 2.05 bits per heavy atom. The Balaban J connectivity index is 1.91. The molecule has 1 saturated heterocycles. The second kappa shape index (κ2) is 7.56. The summed E-state index contributed by atoms with van der Waals surface area (Å²) in [5, 5.41) is 3.75. The van der Waals surface area contributed by atoms with E-state index in [9.17, 15) is 8.42 Å². The fourth-order valence-corrected chi connectivity index (χ4v) is 3.59. The van der Waals surface area contributed by atoms with Crippen molar-refractivity contribution in [2.45, 2.75) is 11.4 Å². The molecule has 1 aliphatic rings. The first-order valence-corrected chi connectivity index (χ1v) is 9.23. The van der Waals surface area contributed by atoms with Crippen LogP contribution in [0.4, 0.5) is 0 Å². The van der Waals surface area contributed by atoms with Crippen LogP contribution in [-0.4, -0.2) is 59.0 Å². The Kier molecular flexibility index (Phi) is 6.01. The number of hydrogen-bond donors (Lipinski definition) is 1. The number of morpholine rings is 1. The van der Waals surface area contributed by atoms with E-state index in [4.69, 9.17) is 16.3 Å². The van der Waals surface area contributed by atoms with E-state index in [1.165, 1.54) is 6.26 Å². The number of halogens is 1. The van der Waals surface area contributed by atoms with Crippen LogP contribution in [0.25, 0.3) is 0 Å². The molecule has 0 spiro atoms. The molecule has 0 bridgehead atoms. The van der Waals surface area contributed by atoms with E-state index >= 15 is 0 Å². The van der Waals surface area contributed by atoms with Crippen molar-refractivity contribution in [3.63, 3.8) is 0 Å². The zero-order valence-corrected chi connectivity index (χ0v) is 13.7. The Hall–Kier alpha value is -0.660. The summed E-state index contributed by atoms with van der Waals surface area (Å²) < 4.78 is 28.9. The number of hydrogen-bond acceptors (Lipinski definition) is 5. The lowest BCUT2D eigenvalue weighted by Gasteiger charge is -2.26. The lowest BCUT2D eigenvalue weighted by molar-refractivity contribution is 0.0384. The SMILES string of the molecule is CS(=O)(=O)c1cccc(Cl)c1CNCCN1CCOCC1. The van der Waals surface area contributed by atoms with Gasteiger partial charge in [0.1, 0.15) is 0 Å². The quantitative estimate of drug-likeness (QED) is 0.792. The lowest BCUT2D eigenvalue weighted by atomic mass is 10.2. The highest BCUT2D eigenvalue weighted by Gasteiger charge is 2.15. The summed E-state index contributed by atoms with van der Waals surface area (Å²) in [5.41, 5.74) is 0.642. The molecule has 118 valence electrons. The summed E-state index contributed by atoms with van der Waals surface area (Å²) in [4.78, 5) is 2.62. The van der Waals surface area contributed by atoms with Gasteiger partial charge in [0.15, 0.2) is 9.84 Å². The van der Waals surface area contributed by atoms with Crippen molar-refractivity contribution in [1.82, 2.24) is 10.2 Å². The van der Waals surface area contributed by atoms with Gasteiger partial charge in [0.05, 0.1) is 18.1 Å². The summed E-state index contributed by atoms with van der Waals surface area (Å²) in [5.74, 6) is 0. The maximum absolute atomic E-state index is 11.8. The van der Waals surface area contributed by atoms with Crippen molar-refractivity contribution in [1.29, 1.82) is 0 Å². The lowest BCUT2D eigenvalue weighted by Crippen LogP contribution is -2.40. The zero-order valence-electron chi connectivity index (χ0n) is 12.1. The van der Waals surface area contributed by atoms with Crippen molar-refractivity contribution in [3.8, 4) is 0 Å². The van der Waals surface area contributed by atoms with Crippen LogP contribution < -0.4 is 5.32 Å². The highest BCUT2D eigenvalue weighted by atomic mass is 35.5. The molecule has 0 atom stereocenters. The van der Waals surface area contributed by atoms with Crippen LogP contribution in [0.15, 0.2) is 23.1 Å². The van der Waals surface area contributed by atoms with Crippen molar-refractivity contribution in [2.24, 2.45) is 0 Å². The summed E-state index contributed by atoms with van der Waals surface area (Å²) >= 11 is 6.13. The summed E-state index contributed by atoms with van der Waals surface area (Å²) in [6, 6.07) is 4.98. The van der Waals surface area contributed by atoms with Crippen molar-refractivity contribution >= 4 is 21.4 Å². The van der Waals surface area contributed by atoms with Crippen LogP contribution in [0, 0.1) is 0 Å². The largest absolute Gasteiger partial charge is 0.379 e. The molecular weight excluding hydrogens is 312 g/mol. The molecule has 1 heterocycles. The van der Waals surface area contributed by atoms with E-state index in [1.807, 2.05) is 0 Å². The maximum Gasteiger partial charge on any atom is 0.175 e. The minimum absolute atomic E-state index is 0.300. The van der Waals surface area contributed by atoms with Gasteiger partial charge in [0, 0.05) is 49.6 Å². The molecule has 0 aromatic heterocycles. The van der Waals surface area contributed by atoms with Gasteiger partial charge in [-0.1, -0.05) is 17.7 Å². The zero-order chi connectivity index (χ0) is 15.3. The van der Waals surface area contributed by atoms with Gasteiger partial charge in [-0.15, -0.1) is 0 Å². The molecule has 7 heteroatoms. The number of nitrogens with zero attached hydrogens (tertiary/aromatic N) is 1. The van der Waals surface area contributed by atoms with Crippen LogP contribution in [0.5, 0.6) is 0 Å². The number of ether oxygens (including phenoxy) is 1. The van der Waals surface area contributed by atoms with Gasteiger partial charge >= 0.3 is 0 Å². The summed E-state index contributed by atoms with van der Waals surface area (Å²) in [6.07, 6.45) is 1.20. The fourth-order valence-electron chi connectivity index (χ4n) is 2.33. The number of nitrogens with one attached hydrogen (secondary N) is 1. The molecule has 0 aliphatic carbocycles. The molecule has 0 amide bonds. The van der Waals surface area contributed by atoms with Gasteiger partial charge in [0.2, 0.25) is 0 Å². The Morgan fingerprint density at radius 3 is 2.71 bits per heavy atom. The van der Waals surface area contributed by atoms with Gasteiger partial charge in [0.25, 0.3) is 0 Å². The van der Waals surface area contributed by atoms with E-state index in [0.29, 0.717) is 22.0 Å². The van der Waals surface area contributed by atoms with Gasteiger partial charge in [-0.2, -0.15) is 0 Å². The molecule has 1 aromatic rings. The van der Waals surface area contributed by atoms with Crippen molar-refractivity contribution in [2.75, 3.05) is 45.6 Å². The van der Waals surface area contributed by atoms with Crippen LogP contribution in [-0.2, 0) is 21.1 Å². The maximum atomic E-state index is 11.8. The minimum atomic E-state index is -3.26. The topological polar surface area (TPSA) is 58.6 Å². The number of rotatable bonds is 6. The van der Waals surface area contributed by atoms with Crippen molar-refractivity contribution < 1.29 is 13.2 Å². The highest BCUT2D eigenvalue weighted by molar-refractivity contribution is 7.90. The molecule has 1 aliphatic heterocycles. The average Bonchev–Trinajstić information content (AvgIpc) is 2.45. The first-order chi connectivity index (χ1) is 9.98. The third-order valence-corrected chi connectivity index (χ3v) is 5.02.